The molecule has 1 aliphatic rings. The van der Waals surface area contributed by atoms with Crippen molar-refractivity contribution in [3.8, 4) is 22.5 Å². The van der Waals surface area contributed by atoms with E-state index in [1.165, 1.54) is 6.33 Å². The monoisotopic (exact) mass is 570 g/mol. The summed E-state index contributed by atoms with van der Waals surface area (Å²) in [6.45, 7) is 3.00. The fraction of sp³-hybridized carbons (Fsp3) is 0.176. The van der Waals surface area contributed by atoms with Crippen LogP contribution in [0, 0.1) is 6.92 Å². The number of amides is 2. The molecule has 7 rings (SSSR count). The van der Waals surface area contributed by atoms with Crippen LogP contribution in [-0.2, 0) is 0 Å². The standard InChI is InChI=1S/C34H30N6O3/c1-21-27(9-4-10-29(21)38-34(43)40-17-24-6-2-3-7-25(24)18-40)31-28-16-30(37-32(28)36-20-35-31)22-11-13-23(14-12-22)33(42)39-15-5-8-26(41)19-39/h2-4,6-7,9-14,16-18,20,26,41H,5,8,15,19H2,1H3,(H,38,43)(H,35,36,37). The summed E-state index contributed by atoms with van der Waals surface area (Å²) in [5.41, 5.74) is 6.28. The molecule has 1 atom stereocenters. The molecule has 9 heteroatoms. The molecule has 6 aromatic rings. The van der Waals surface area contributed by atoms with Gasteiger partial charge < -0.3 is 20.3 Å². The Kier molecular flexibility index (Phi) is 6.71. The van der Waals surface area contributed by atoms with Gasteiger partial charge >= 0.3 is 6.03 Å². The van der Waals surface area contributed by atoms with E-state index in [1.807, 2.05) is 92.1 Å². The van der Waals surface area contributed by atoms with Crippen molar-refractivity contribution in [1.29, 1.82) is 0 Å². The highest BCUT2D eigenvalue weighted by atomic mass is 16.3. The first kappa shape index (κ1) is 26.6. The lowest BCUT2D eigenvalue weighted by molar-refractivity contribution is 0.0474. The molecule has 1 unspecified atom stereocenters. The first-order chi connectivity index (χ1) is 20.9. The highest BCUT2D eigenvalue weighted by Crippen LogP contribution is 2.34. The fourth-order valence-electron chi connectivity index (χ4n) is 5.83. The molecule has 1 fully saturated rings. The van der Waals surface area contributed by atoms with Crippen LogP contribution in [0.25, 0.3) is 44.3 Å². The van der Waals surface area contributed by atoms with E-state index >= 15 is 0 Å². The minimum absolute atomic E-state index is 0.0670. The summed E-state index contributed by atoms with van der Waals surface area (Å²) in [4.78, 5) is 40.3. The lowest BCUT2D eigenvalue weighted by atomic mass is 10.0. The molecule has 43 heavy (non-hydrogen) atoms. The average molecular weight is 571 g/mol. The van der Waals surface area contributed by atoms with Gasteiger partial charge in [0.15, 0.2) is 0 Å². The summed E-state index contributed by atoms with van der Waals surface area (Å²) < 4.78 is 1.56. The maximum Gasteiger partial charge on any atom is 0.330 e. The molecular formula is C34H30N6O3. The number of carbonyl (C=O) groups excluding carboxylic acids is 2. The van der Waals surface area contributed by atoms with Crippen LogP contribution in [0.2, 0.25) is 0 Å². The minimum atomic E-state index is -0.459. The van der Waals surface area contributed by atoms with Crippen molar-refractivity contribution in [2.45, 2.75) is 25.9 Å². The Hall–Kier alpha value is -5.28. The molecule has 1 aliphatic heterocycles. The second-order valence-corrected chi connectivity index (χ2v) is 11.0. The Morgan fingerprint density at radius 2 is 1.74 bits per heavy atom. The summed E-state index contributed by atoms with van der Waals surface area (Å²) >= 11 is 0. The summed E-state index contributed by atoms with van der Waals surface area (Å²) in [6.07, 6.45) is 6.25. The van der Waals surface area contributed by atoms with Crippen LogP contribution in [0.4, 0.5) is 10.5 Å². The molecule has 3 aromatic carbocycles. The number of hydrogen-bond acceptors (Lipinski definition) is 5. The van der Waals surface area contributed by atoms with E-state index in [9.17, 15) is 14.7 Å². The third-order valence-corrected chi connectivity index (χ3v) is 8.17. The van der Waals surface area contributed by atoms with Crippen molar-refractivity contribution >= 4 is 39.4 Å². The number of nitrogens with zero attached hydrogens (tertiary/aromatic N) is 4. The van der Waals surface area contributed by atoms with Gasteiger partial charge in [-0.2, -0.15) is 0 Å². The molecule has 0 saturated carbocycles. The second-order valence-electron chi connectivity index (χ2n) is 11.0. The zero-order chi connectivity index (χ0) is 29.5. The molecule has 0 radical (unpaired) electrons. The van der Waals surface area contributed by atoms with Gasteiger partial charge in [-0.15, -0.1) is 0 Å². The van der Waals surface area contributed by atoms with Crippen molar-refractivity contribution in [1.82, 2.24) is 24.4 Å². The van der Waals surface area contributed by atoms with E-state index in [-0.39, 0.29) is 11.9 Å². The molecule has 2 amide bonds. The number of carbonyl (C=O) groups is 2. The number of likely N-dealkylation sites (tertiary alicyclic amines) is 1. The number of anilines is 1. The summed E-state index contributed by atoms with van der Waals surface area (Å²) in [6, 6.07) is 22.9. The maximum atomic E-state index is 13.1. The van der Waals surface area contributed by atoms with E-state index in [0.717, 1.165) is 57.1 Å². The van der Waals surface area contributed by atoms with Gasteiger partial charge in [0.25, 0.3) is 5.91 Å². The van der Waals surface area contributed by atoms with Gasteiger partial charge in [0.05, 0.1) is 11.8 Å². The van der Waals surface area contributed by atoms with Gasteiger partial charge in [0.2, 0.25) is 0 Å². The van der Waals surface area contributed by atoms with Gasteiger partial charge in [0, 0.05) is 53.4 Å². The molecule has 1 saturated heterocycles. The third-order valence-electron chi connectivity index (χ3n) is 8.17. The van der Waals surface area contributed by atoms with Gasteiger partial charge in [-0.3, -0.25) is 9.36 Å². The SMILES string of the molecule is Cc1c(NC(=O)n2cc3ccccc3c2)cccc1-c1ncnc2[nH]c(-c3ccc(C(=O)N4CCCC(O)C4)cc3)cc12. The third kappa shape index (κ3) is 5.04. The van der Waals surface area contributed by atoms with Gasteiger partial charge in [-0.25, -0.2) is 14.8 Å². The van der Waals surface area contributed by atoms with Gasteiger partial charge in [-0.1, -0.05) is 48.5 Å². The van der Waals surface area contributed by atoms with Crippen LogP contribution in [0.15, 0.2) is 91.5 Å². The van der Waals surface area contributed by atoms with E-state index in [1.54, 1.807) is 9.47 Å². The van der Waals surface area contributed by atoms with E-state index < -0.39 is 6.10 Å². The Morgan fingerprint density at radius 1 is 0.977 bits per heavy atom. The second kappa shape index (κ2) is 10.8. The number of fused-ring (bicyclic) bond motifs is 2. The number of aliphatic hydroxyl groups excluding tert-OH is 1. The number of β-amino-alcohol motifs (C(OH)–C–C–N with tert-alkyl or cyclic N) is 1. The Morgan fingerprint density at radius 3 is 2.49 bits per heavy atom. The zero-order valence-electron chi connectivity index (χ0n) is 23.6. The molecule has 3 aromatic heterocycles. The fourth-order valence-corrected chi connectivity index (χ4v) is 5.83. The maximum absolute atomic E-state index is 13.1. The van der Waals surface area contributed by atoms with Gasteiger partial charge in [0.1, 0.15) is 12.0 Å². The van der Waals surface area contributed by atoms with Crippen LogP contribution < -0.4 is 5.32 Å². The molecule has 4 heterocycles. The molecular weight excluding hydrogens is 540 g/mol. The van der Waals surface area contributed by atoms with Crippen molar-refractivity contribution in [3.63, 3.8) is 0 Å². The van der Waals surface area contributed by atoms with E-state index in [2.05, 4.69) is 20.3 Å². The van der Waals surface area contributed by atoms with Crippen LogP contribution in [0.3, 0.4) is 0 Å². The molecule has 0 spiro atoms. The zero-order valence-corrected chi connectivity index (χ0v) is 23.6. The smallest absolute Gasteiger partial charge is 0.330 e. The lowest BCUT2D eigenvalue weighted by Gasteiger charge is -2.30. The first-order valence-electron chi connectivity index (χ1n) is 14.3. The topological polar surface area (TPSA) is 116 Å². The number of aliphatic hydroxyl groups is 1. The number of aromatic nitrogens is 4. The van der Waals surface area contributed by atoms with E-state index in [4.69, 9.17) is 0 Å². The normalized spacial score (nSPS) is 15.2. The van der Waals surface area contributed by atoms with Crippen LogP contribution in [0.5, 0.6) is 0 Å². The van der Waals surface area contributed by atoms with Crippen molar-refractivity contribution < 1.29 is 14.7 Å². The van der Waals surface area contributed by atoms with Crippen LogP contribution in [0.1, 0.15) is 28.8 Å². The predicted molar refractivity (Wildman–Crippen MR) is 167 cm³/mol. The summed E-state index contributed by atoms with van der Waals surface area (Å²) in [5.74, 6) is -0.0670. The minimum Gasteiger partial charge on any atom is -0.391 e. The number of rotatable bonds is 4. The average Bonchev–Trinajstić information content (AvgIpc) is 3.67. The van der Waals surface area contributed by atoms with Crippen LogP contribution >= 0.6 is 0 Å². The Balaban J connectivity index is 1.16. The highest BCUT2D eigenvalue weighted by Gasteiger charge is 2.23. The van der Waals surface area contributed by atoms with E-state index in [0.29, 0.717) is 30.0 Å². The van der Waals surface area contributed by atoms with Crippen molar-refractivity contribution in [2.75, 3.05) is 18.4 Å². The number of piperidine rings is 1. The molecule has 214 valence electrons. The predicted octanol–water partition coefficient (Wildman–Crippen LogP) is 6.23. The largest absolute Gasteiger partial charge is 0.391 e. The van der Waals surface area contributed by atoms with Gasteiger partial charge in [-0.05, 0) is 65.9 Å². The number of H-pyrrole nitrogens is 1. The summed E-state index contributed by atoms with van der Waals surface area (Å²) in [5, 5.41) is 15.8. The number of hydrogen-bond donors (Lipinski definition) is 3. The molecule has 0 bridgehead atoms. The number of aromatic amines is 1. The van der Waals surface area contributed by atoms with Crippen molar-refractivity contribution in [2.24, 2.45) is 0 Å². The van der Waals surface area contributed by atoms with Crippen LogP contribution in [-0.4, -0.2) is 60.7 Å². The Bertz CT molecular complexity index is 1960. The number of nitrogens with one attached hydrogen (secondary N) is 2. The molecule has 0 aliphatic carbocycles. The number of benzene rings is 3. The first-order valence-corrected chi connectivity index (χ1v) is 14.3. The highest BCUT2D eigenvalue weighted by molar-refractivity contribution is 5.99. The Labute approximate surface area is 247 Å². The summed E-state index contributed by atoms with van der Waals surface area (Å²) in [7, 11) is 0. The quantitative estimate of drug-likeness (QED) is 0.232. The molecule has 9 nitrogen and oxygen atoms in total. The lowest BCUT2D eigenvalue weighted by Crippen LogP contribution is -2.42. The molecule has 3 N–H and O–H groups in total. The van der Waals surface area contributed by atoms with Crippen molar-refractivity contribution in [3.05, 3.63) is 103 Å².